The Hall–Kier alpha value is -2.85. The van der Waals surface area contributed by atoms with Crippen molar-refractivity contribution in [2.75, 3.05) is 0 Å². The van der Waals surface area contributed by atoms with E-state index in [0.717, 1.165) is 28.6 Å². The highest BCUT2D eigenvalue weighted by molar-refractivity contribution is 6.31. The number of rotatable bonds is 5. The summed E-state index contributed by atoms with van der Waals surface area (Å²) in [6.07, 6.45) is 1.01. The average molecular weight is 406 g/mol. The monoisotopic (exact) mass is 405 g/mol. The van der Waals surface area contributed by atoms with Crippen LogP contribution in [0, 0.1) is 0 Å². The number of aromatic hydroxyl groups is 1. The van der Waals surface area contributed by atoms with Crippen LogP contribution in [0.25, 0.3) is 16.7 Å². The van der Waals surface area contributed by atoms with Gasteiger partial charge in [-0.2, -0.15) is 0 Å². The molecule has 0 saturated heterocycles. The number of phenols is 1. The van der Waals surface area contributed by atoms with Gasteiger partial charge in [-0.3, -0.25) is 0 Å². The zero-order chi connectivity index (χ0) is 20.5. The normalized spacial score (nSPS) is 13.5. The van der Waals surface area contributed by atoms with Crippen LogP contribution in [-0.2, 0) is 0 Å². The summed E-state index contributed by atoms with van der Waals surface area (Å²) in [5.41, 5.74) is 5.22. The third-order valence-corrected chi connectivity index (χ3v) is 5.88. The standard InChI is InChI=1S/C24H24ClN3O/c1-4-15(2)18-12-20(16(3)17-8-6-5-7-9-17)24(29)23(13-18)28-26-21-11-10-19(25)14-22(21)27-28/h5-16,29H,4H2,1-3H3. The molecule has 1 N–H and O–H groups in total. The maximum Gasteiger partial charge on any atom is 0.146 e. The second kappa shape index (κ2) is 7.88. The summed E-state index contributed by atoms with van der Waals surface area (Å²) in [5.74, 6) is 0.605. The predicted molar refractivity (Wildman–Crippen MR) is 118 cm³/mol. The molecule has 1 aromatic heterocycles. The Morgan fingerprint density at radius 3 is 2.38 bits per heavy atom. The van der Waals surface area contributed by atoms with Crippen molar-refractivity contribution in [2.45, 2.75) is 39.0 Å². The van der Waals surface area contributed by atoms with Crippen LogP contribution in [0.3, 0.4) is 0 Å². The van der Waals surface area contributed by atoms with E-state index >= 15 is 0 Å². The summed E-state index contributed by atoms with van der Waals surface area (Å²) < 4.78 is 0. The number of hydrogen-bond acceptors (Lipinski definition) is 3. The quantitative estimate of drug-likeness (QED) is 0.415. The van der Waals surface area contributed by atoms with Crippen molar-refractivity contribution in [1.29, 1.82) is 0 Å². The van der Waals surface area contributed by atoms with Gasteiger partial charge in [0, 0.05) is 16.5 Å². The van der Waals surface area contributed by atoms with Crippen LogP contribution in [0.5, 0.6) is 5.75 Å². The third-order valence-electron chi connectivity index (χ3n) is 5.65. The van der Waals surface area contributed by atoms with Crippen LogP contribution in [-0.4, -0.2) is 20.1 Å². The molecular formula is C24H24ClN3O. The number of fused-ring (bicyclic) bond motifs is 1. The highest BCUT2D eigenvalue weighted by Gasteiger charge is 2.21. The van der Waals surface area contributed by atoms with E-state index in [0.29, 0.717) is 22.1 Å². The summed E-state index contributed by atoms with van der Waals surface area (Å²) in [7, 11) is 0. The van der Waals surface area contributed by atoms with Gasteiger partial charge in [-0.05, 0) is 47.7 Å². The lowest BCUT2D eigenvalue weighted by molar-refractivity contribution is 0.458. The van der Waals surface area contributed by atoms with Crippen molar-refractivity contribution in [3.63, 3.8) is 0 Å². The molecule has 0 spiro atoms. The van der Waals surface area contributed by atoms with E-state index in [4.69, 9.17) is 11.6 Å². The number of nitrogens with zero attached hydrogens (tertiary/aromatic N) is 3. The molecule has 29 heavy (non-hydrogen) atoms. The van der Waals surface area contributed by atoms with Gasteiger partial charge in [-0.25, -0.2) is 0 Å². The molecule has 0 radical (unpaired) electrons. The maximum absolute atomic E-state index is 11.2. The maximum atomic E-state index is 11.2. The number of benzene rings is 3. The van der Waals surface area contributed by atoms with Gasteiger partial charge in [0.2, 0.25) is 0 Å². The van der Waals surface area contributed by atoms with Crippen LogP contribution in [0.2, 0.25) is 5.02 Å². The molecule has 3 aromatic carbocycles. The molecule has 4 rings (SSSR count). The van der Waals surface area contributed by atoms with Crippen LogP contribution in [0.15, 0.2) is 60.7 Å². The SMILES string of the molecule is CCC(C)c1cc(C(C)c2ccccc2)c(O)c(-n2nc3ccc(Cl)cc3n2)c1. The predicted octanol–water partition coefficient (Wildman–Crippen LogP) is 6.44. The fourth-order valence-electron chi connectivity index (χ4n) is 3.58. The van der Waals surface area contributed by atoms with Crippen molar-refractivity contribution in [3.8, 4) is 11.4 Å². The van der Waals surface area contributed by atoms with E-state index in [1.165, 1.54) is 4.80 Å². The van der Waals surface area contributed by atoms with Gasteiger partial charge in [-0.1, -0.05) is 68.8 Å². The molecule has 0 saturated carbocycles. The minimum absolute atomic E-state index is 0.0402. The van der Waals surface area contributed by atoms with Crippen LogP contribution < -0.4 is 0 Å². The van der Waals surface area contributed by atoms with E-state index < -0.39 is 0 Å². The molecule has 4 nitrogen and oxygen atoms in total. The van der Waals surface area contributed by atoms with Gasteiger partial charge < -0.3 is 5.11 Å². The Bertz CT molecular complexity index is 1150. The fourth-order valence-corrected chi connectivity index (χ4v) is 3.75. The second-order valence-electron chi connectivity index (χ2n) is 7.54. The second-order valence-corrected chi connectivity index (χ2v) is 7.98. The molecule has 2 unspecified atom stereocenters. The topological polar surface area (TPSA) is 50.9 Å². The Morgan fingerprint density at radius 2 is 1.66 bits per heavy atom. The summed E-state index contributed by atoms with van der Waals surface area (Å²) >= 11 is 6.10. The van der Waals surface area contributed by atoms with Crippen molar-refractivity contribution in [2.24, 2.45) is 0 Å². The lowest BCUT2D eigenvalue weighted by atomic mass is 9.88. The largest absolute Gasteiger partial charge is 0.505 e. The van der Waals surface area contributed by atoms with Crippen molar-refractivity contribution in [1.82, 2.24) is 15.0 Å². The molecule has 0 aliphatic carbocycles. The lowest BCUT2D eigenvalue weighted by Crippen LogP contribution is -2.06. The minimum Gasteiger partial charge on any atom is -0.505 e. The molecule has 0 aliphatic heterocycles. The molecule has 0 aliphatic rings. The Morgan fingerprint density at radius 1 is 0.931 bits per heavy atom. The summed E-state index contributed by atoms with van der Waals surface area (Å²) in [6.45, 7) is 6.47. The smallest absolute Gasteiger partial charge is 0.146 e. The Kier molecular flexibility index (Phi) is 5.29. The Balaban J connectivity index is 1.90. The molecular weight excluding hydrogens is 382 g/mol. The lowest BCUT2D eigenvalue weighted by Gasteiger charge is -2.20. The first-order valence-corrected chi connectivity index (χ1v) is 10.3. The van der Waals surface area contributed by atoms with Gasteiger partial charge in [0.25, 0.3) is 0 Å². The van der Waals surface area contributed by atoms with E-state index in [1.54, 1.807) is 12.1 Å². The molecule has 0 bridgehead atoms. The number of hydrogen-bond donors (Lipinski definition) is 1. The van der Waals surface area contributed by atoms with Gasteiger partial charge >= 0.3 is 0 Å². The van der Waals surface area contributed by atoms with Gasteiger partial charge in [0.05, 0.1) is 0 Å². The minimum atomic E-state index is 0.0402. The number of halogens is 1. The summed E-state index contributed by atoms with van der Waals surface area (Å²) in [5, 5.41) is 21.0. The summed E-state index contributed by atoms with van der Waals surface area (Å²) in [4.78, 5) is 1.52. The van der Waals surface area contributed by atoms with Crippen molar-refractivity contribution >= 4 is 22.6 Å². The number of phenolic OH excluding ortho intramolecular Hbond substituents is 1. The van der Waals surface area contributed by atoms with E-state index in [2.05, 4.69) is 49.2 Å². The van der Waals surface area contributed by atoms with E-state index in [1.807, 2.05) is 30.3 Å². The molecule has 4 aromatic rings. The fraction of sp³-hybridized carbons (Fsp3) is 0.250. The molecule has 148 valence electrons. The molecule has 1 heterocycles. The van der Waals surface area contributed by atoms with Crippen molar-refractivity contribution < 1.29 is 5.11 Å². The third kappa shape index (κ3) is 3.73. The zero-order valence-corrected chi connectivity index (χ0v) is 17.6. The van der Waals surface area contributed by atoms with E-state index in [9.17, 15) is 5.11 Å². The molecule has 5 heteroatoms. The van der Waals surface area contributed by atoms with E-state index in [-0.39, 0.29) is 11.7 Å². The summed E-state index contributed by atoms with van der Waals surface area (Å²) in [6, 6.07) is 19.7. The first-order chi connectivity index (χ1) is 14.0. The molecule has 0 amide bonds. The first-order valence-electron chi connectivity index (χ1n) is 9.92. The molecule has 2 atom stereocenters. The Labute approximate surface area is 175 Å². The van der Waals surface area contributed by atoms with Gasteiger partial charge in [0.1, 0.15) is 22.5 Å². The first kappa shape index (κ1) is 19.5. The van der Waals surface area contributed by atoms with Crippen LogP contribution in [0.1, 0.15) is 55.7 Å². The highest BCUT2D eigenvalue weighted by Crippen LogP contribution is 2.38. The number of aromatic nitrogens is 3. The van der Waals surface area contributed by atoms with Crippen LogP contribution in [0.4, 0.5) is 0 Å². The highest BCUT2D eigenvalue weighted by atomic mass is 35.5. The van der Waals surface area contributed by atoms with Crippen molar-refractivity contribution in [3.05, 3.63) is 82.4 Å². The zero-order valence-electron chi connectivity index (χ0n) is 16.8. The van der Waals surface area contributed by atoms with Crippen LogP contribution >= 0.6 is 11.6 Å². The molecule has 0 fully saturated rings. The average Bonchev–Trinajstić information content (AvgIpc) is 3.16. The van der Waals surface area contributed by atoms with Gasteiger partial charge in [0.15, 0.2) is 0 Å². The van der Waals surface area contributed by atoms with Gasteiger partial charge in [-0.15, -0.1) is 15.0 Å².